The van der Waals surface area contributed by atoms with E-state index in [1.54, 1.807) is 0 Å². The summed E-state index contributed by atoms with van der Waals surface area (Å²) in [6, 6.07) is 0. The molecule has 2 heteroatoms. The van der Waals surface area contributed by atoms with Gasteiger partial charge in [-0.2, -0.15) is 0 Å². The molecule has 0 rings (SSSR count). The number of hydrogen-bond donors (Lipinski definition) is 1. The minimum atomic E-state index is 0.392. The van der Waals surface area contributed by atoms with Crippen LogP contribution in [0.4, 0.5) is 0 Å². The van der Waals surface area contributed by atoms with Gasteiger partial charge in [0, 0.05) is 0 Å². The van der Waals surface area contributed by atoms with E-state index in [-0.39, 0.29) is 0 Å². The van der Waals surface area contributed by atoms with Gasteiger partial charge in [0.1, 0.15) is 0 Å². The Kier molecular flexibility index (Phi) is 5.77. The Labute approximate surface area is 48.4 Å². The van der Waals surface area contributed by atoms with Gasteiger partial charge < -0.3 is 0 Å². The summed E-state index contributed by atoms with van der Waals surface area (Å²) in [6.45, 7) is 0.392. The van der Waals surface area contributed by atoms with Gasteiger partial charge in [-0.25, -0.2) is 0 Å². The van der Waals surface area contributed by atoms with Crippen LogP contribution in [0, 0.1) is 0 Å². The molecule has 0 unspecified atom stereocenters. The van der Waals surface area contributed by atoms with Gasteiger partial charge in [-0.05, 0) is 0 Å². The standard InChI is InChI=1S/C3H7O.Hg/c1-2-3-4;/h4H,1-3H2;. The molecular weight excluding hydrogens is 253 g/mol. The van der Waals surface area contributed by atoms with Gasteiger partial charge in [0.15, 0.2) is 0 Å². The molecule has 0 saturated heterocycles. The molecule has 0 aromatic carbocycles. The summed E-state index contributed by atoms with van der Waals surface area (Å²) in [6.07, 6.45) is 1.03. The molecule has 0 radical (unpaired) electrons. The van der Waals surface area contributed by atoms with Gasteiger partial charge in [0.2, 0.25) is 0 Å². The quantitative estimate of drug-likeness (QED) is 0.709. The van der Waals surface area contributed by atoms with Crippen molar-refractivity contribution < 1.29 is 31.2 Å². The van der Waals surface area contributed by atoms with E-state index in [1.807, 2.05) is 0 Å². The third kappa shape index (κ3) is 4.90. The number of rotatable bonds is 2. The summed E-state index contributed by atoms with van der Waals surface area (Å²) >= 11 is 0.913. The Morgan fingerprint density at radius 1 is 1.60 bits per heavy atom. The van der Waals surface area contributed by atoms with E-state index in [9.17, 15) is 0 Å². The second-order valence-corrected chi connectivity index (χ2v) is 3.68. The summed E-state index contributed by atoms with van der Waals surface area (Å²) in [5, 5.41) is 8.10. The van der Waals surface area contributed by atoms with Gasteiger partial charge in [0.05, 0.1) is 0 Å². The Hall–Kier alpha value is 0.895. The summed E-state index contributed by atoms with van der Waals surface area (Å²) in [5.74, 6) is 0. The second-order valence-electron chi connectivity index (χ2n) is 0.931. The molecule has 0 aromatic rings. The molecule has 0 aliphatic rings. The van der Waals surface area contributed by atoms with E-state index < -0.39 is 0 Å². The van der Waals surface area contributed by atoms with Crippen LogP contribution >= 0.6 is 0 Å². The van der Waals surface area contributed by atoms with Crippen molar-refractivity contribution >= 4 is 0 Å². The zero-order valence-electron chi connectivity index (χ0n) is 3.28. The van der Waals surface area contributed by atoms with E-state index >= 15 is 0 Å². The monoisotopic (exact) mass is 261 g/mol. The first-order valence-electron chi connectivity index (χ1n) is 1.82. The van der Waals surface area contributed by atoms with Crippen LogP contribution in [-0.4, -0.2) is 11.7 Å². The van der Waals surface area contributed by atoms with Crippen molar-refractivity contribution in [3.63, 3.8) is 0 Å². The second kappa shape index (κ2) is 4.90. The first-order valence-corrected chi connectivity index (χ1v) is 5.70. The van der Waals surface area contributed by atoms with E-state index in [0.717, 1.165) is 32.5 Å². The van der Waals surface area contributed by atoms with Gasteiger partial charge >= 0.3 is 48.2 Å². The fourth-order valence-corrected chi connectivity index (χ4v) is 0.981. The summed E-state index contributed by atoms with van der Waals surface area (Å²) in [5.41, 5.74) is 0. The van der Waals surface area contributed by atoms with Gasteiger partial charge in [-0.15, -0.1) is 0 Å². The van der Waals surface area contributed by atoms with E-state index in [2.05, 4.69) is 0 Å². The number of hydrogen-bond acceptors (Lipinski definition) is 1. The fourth-order valence-electron chi connectivity index (χ4n) is 0.112. The van der Waals surface area contributed by atoms with Crippen LogP contribution in [0.25, 0.3) is 0 Å². The molecular formula is C3H7HgO. The van der Waals surface area contributed by atoms with Gasteiger partial charge in [-0.3, -0.25) is 0 Å². The Bertz CT molecular complexity index is 14.4. The van der Waals surface area contributed by atoms with Crippen LogP contribution < -0.4 is 0 Å². The maximum absolute atomic E-state index is 8.10. The van der Waals surface area contributed by atoms with Crippen molar-refractivity contribution in [2.45, 2.75) is 10.4 Å². The van der Waals surface area contributed by atoms with Crippen LogP contribution in [0.1, 0.15) is 6.42 Å². The average molecular weight is 260 g/mol. The Balaban J connectivity index is 2.19. The van der Waals surface area contributed by atoms with Crippen LogP contribution in [-0.2, 0) is 26.1 Å². The third-order valence-electron chi connectivity index (χ3n) is 0.408. The predicted molar refractivity (Wildman–Crippen MR) is 16.5 cm³/mol. The van der Waals surface area contributed by atoms with Gasteiger partial charge in [0.25, 0.3) is 0 Å². The molecule has 1 nitrogen and oxygen atoms in total. The zero-order chi connectivity index (χ0) is 4.12. The normalized spacial score (nSPS) is 8.60. The van der Waals surface area contributed by atoms with Crippen molar-refractivity contribution in [2.24, 2.45) is 0 Å². The molecule has 0 bridgehead atoms. The summed E-state index contributed by atoms with van der Waals surface area (Å²) in [4.78, 5) is 0. The molecule has 0 saturated carbocycles. The van der Waals surface area contributed by atoms with Crippen molar-refractivity contribution in [2.75, 3.05) is 6.61 Å². The maximum atomic E-state index is 8.10. The fraction of sp³-hybridized carbons (Fsp3) is 1.00. The SMILES string of the molecule is OCC[CH2][Hg]. The molecule has 0 heterocycles. The summed E-state index contributed by atoms with van der Waals surface area (Å²) in [7, 11) is 0. The average Bonchev–Trinajstić information content (AvgIpc) is 1.41. The zero-order valence-corrected chi connectivity index (χ0v) is 8.77. The van der Waals surface area contributed by atoms with E-state index in [1.165, 1.54) is 3.93 Å². The van der Waals surface area contributed by atoms with Crippen LogP contribution in [0.15, 0.2) is 0 Å². The van der Waals surface area contributed by atoms with Crippen LogP contribution in [0.3, 0.4) is 0 Å². The van der Waals surface area contributed by atoms with Crippen molar-refractivity contribution in [1.82, 2.24) is 0 Å². The first kappa shape index (κ1) is 5.90. The third-order valence-corrected chi connectivity index (χ3v) is 2.35. The topological polar surface area (TPSA) is 20.2 Å². The first-order chi connectivity index (χ1) is 2.41. The molecule has 5 heavy (non-hydrogen) atoms. The van der Waals surface area contributed by atoms with Crippen molar-refractivity contribution in [3.05, 3.63) is 0 Å². The molecule has 0 fully saturated rings. The molecule has 1 N–H and O–H groups in total. The summed E-state index contributed by atoms with van der Waals surface area (Å²) < 4.78 is 1.29. The molecule has 0 aromatic heterocycles. The van der Waals surface area contributed by atoms with E-state index in [0.29, 0.717) is 6.61 Å². The van der Waals surface area contributed by atoms with Crippen LogP contribution in [0.2, 0.25) is 3.93 Å². The Morgan fingerprint density at radius 3 is 2.20 bits per heavy atom. The molecule has 0 spiro atoms. The number of aliphatic hydroxyl groups excluding tert-OH is 1. The number of aliphatic hydroxyl groups is 1. The Morgan fingerprint density at radius 2 is 2.20 bits per heavy atom. The van der Waals surface area contributed by atoms with Gasteiger partial charge in [-0.1, -0.05) is 0 Å². The van der Waals surface area contributed by atoms with Crippen LogP contribution in [0.5, 0.6) is 0 Å². The van der Waals surface area contributed by atoms with E-state index in [4.69, 9.17) is 5.11 Å². The molecule has 0 aliphatic carbocycles. The molecule has 0 amide bonds. The molecule has 0 aliphatic heterocycles. The minimum absolute atomic E-state index is 0.392. The molecule has 0 atom stereocenters. The molecule has 27 valence electrons. The van der Waals surface area contributed by atoms with Crippen molar-refractivity contribution in [3.8, 4) is 0 Å². The predicted octanol–water partition coefficient (Wildman–Crippen LogP) is 0.334. The van der Waals surface area contributed by atoms with Crippen molar-refractivity contribution in [1.29, 1.82) is 0 Å².